The maximum Gasteiger partial charge on any atom is 0.243 e. The van der Waals surface area contributed by atoms with E-state index in [9.17, 15) is 13.5 Å². The number of aryl methyl sites for hydroxylation is 1. The van der Waals surface area contributed by atoms with Crippen LogP contribution in [-0.2, 0) is 16.6 Å². The fourth-order valence-electron chi connectivity index (χ4n) is 4.91. The number of para-hydroxylation sites is 2. The van der Waals surface area contributed by atoms with Crippen molar-refractivity contribution in [3.8, 4) is 0 Å². The Kier molecular flexibility index (Phi) is 5.97. The van der Waals surface area contributed by atoms with Gasteiger partial charge >= 0.3 is 0 Å². The minimum atomic E-state index is -3.47. The molecule has 1 fully saturated rings. The van der Waals surface area contributed by atoms with Crippen molar-refractivity contribution in [2.45, 2.75) is 24.5 Å². The number of sulfonamides is 1. The highest BCUT2D eigenvalue weighted by Crippen LogP contribution is 2.28. The fraction of sp³-hybridized carbons (Fsp3) is 0.308. The van der Waals surface area contributed by atoms with E-state index in [2.05, 4.69) is 28.8 Å². The molecule has 3 aromatic carbocycles. The molecule has 7 heteroatoms. The van der Waals surface area contributed by atoms with E-state index in [0.29, 0.717) is 44.2 Å². The third kappa shape index (κ3) is 4.29. The van der Waals surface area contributed by atoms with Crippen LogP contribution in [0, 0.1) is 6.92 Å². The summed E-state index contributed by atoms with van der Waals surface area (Å²) < 4.78 is 29.7. The zero-order chi connectivity index (χ0) is 23.0. The Hall–Kier alpha value is -2.71. The molecule has 0 aliphatic carbocycles. The lowest BCUT2D eigenvalue weighted by atomic mass is 10.2. The molecule has 1 atom stereocenters. The normalized spacial score (nSPS) is 17.0. The van der Waals surface area contributed by atoms with Crippen LogP contribution < -0.4 is 4.90 Å². The van der Waals surface area contributed by atoms with Crippen LogP contribution in [-0.4, -0.2) is 61.2 Å². The van der Waals surface area contributed by atoms with Gasteiger partial charge in [0.15, 0.2) is 0 Å². The van der Waals surface area contributed by atoms with Gasteiger partial charge in [-0.1, -0.05) is 54.1 Å². The molecule has 0 spiro atoms. The summed E-state index contributed by atoms with van der Waals surface area (Å²) in [7, 11) is -3.47. The van der Waals surface area contributed by atoms with E-state index in [4.69, 9.17) is 0 Å². The number of hydrogen-bond donors (Lipinski definition) is 2. The number of aromatic nitrogens is 1. The number of nitrogens with one attached hydrogen (secondary N) is 1. The van der Waals surface area contributed by atoms with Crippen molar-refractivity contribution in [2.75, 3.05) is 32.7 Å². The first-order valence-electron chi connectivity index (χ1n) is 11.5. The number of benzene rings is 3. The van der Waals surface area contributed by atoms with Crippen LogP contribution in [0.15, 0.2) is 77.7 Å². The van der Waals surface area contributed by atoms with Crippen LogP contribution in [0.25, 0.3) is 21.8 Å². The number of quaternary nitrogens is 1. The molecule has 0 radical (unpaired) electrons. The van der Waals surface area contributed by atoms with Crippen LogP contribution in [0.2, 0.25) is 0 Å². The Balaban J connectivity index is 1.25. The quantitative estimate of drug-likeness (QED) is 0.459. The second kappa shape index (κ2) is 8.91. The number of aliphatic hydroxyl groups excluding tert-OH is 1. The molecule has 0 amide bonds. The van der Waals surface area contributed by atoms with E-state index in [0.717, 1.165) is 16.6 Å². The zero-order valence-electron chi connectivity index (χ0n) is 18.8. The highest BCUT2D eigenvalue weighted by molar-refractivity contribution is 7.89. The van der Waals surface area contributed by atoms with Gasteiger partial charge in [0.1, 0.15) is 12.6 Å². The molecule has 1 saturated heterocycles. The highest BCUT2D eigenvalue weighted by Gasteiger charge is 2.31. The number of hydrogen-bond acceptors (Lipinski definition) is 3. The molecule has 0 bridgehead atoms. The van der Waals surface area contributed by atoms with E-state index in [1.165, 1.54) is 15.7 Å². The summed E-state index contributed by atoms with van der Waals surface area (Å²) in [5.41, 5.74) is 3.30. The number of fused-ring (bicyclic) bond motifs is 3. The maximum atomic E-state index is 13.0. The van der Waals surface area contributed by atoms with Gasteiger partial charge in [0, 0.05) is 21.8 Å². The molecule has 4 aromatic rings. The molecule has 5 rings (SSSR count). The Bertz CT molecular complexity index is 1320. The molecule has 1 aromatic heterocycles. The van der Waals surface area contributed by atoms with Crippen molar-refractivity contribution >= 4 is 31.8 Å². The highest BCUT2D eigenvalue weighted by atomic mass is 32.2. The van der Waals surface area contributed by atoms with E-state index < -0.39 is 16.1 Å². The lowest BCUT2D eigenvalue weighted by Gasteiger charge is -2.32. The molecule has 33 heavy (non-hydrogen) atoms. The Morgan fingerprint density at radius 1 is 0.879 bits per heavy atom. The van der Waals surface area contributed by atoms with Gasteiger partial charge in [0.05, 0.1) is 37.6 Å². The summed E-state index contributed by atoms with van der Waals surface area (Å²) in [4.78, 5) is 1.58. The first-order chi connectivity index (χ1) is 15.9. The molecule has 2 heterocycles. The Morgan fingerprint density at radius 2 is 1.42 bits per heavy atom. The molecule has 1 aliphatic rings. The van der Waals surface area contributed by atoms with Gasteiger partial charge in [0.2, 0.25) is 10.0 Å². The monoisotopic (exact) mass is 464 g/mol. The lowest BCUT2D eigenvalue weighted by Crippen LogP contribution is -3.15. The van der Waals surface area contributed by atoms with Gasteiger partial charge in [-0.15, -0.1) is 0 Å². The van der Waals surface area contributed by atoms with Crippen molar-refractivity contribution in [1.82, 2.24) is 8.87 Å². The molecule has 1 aliphatic heterocycles. The van der Waals surface area contributed by atoms with Crippen LogP contribution in [0.4, 0.5) is 0 Å². The number of piperazine rings is 1. The number of rotatable bonds is 6. The standard InChI is InChI=1S/C26H29N3O3S/c1-20-10-12-22(13-11-20)33(31,32)28-16-14-27(15-17-28)18-21(30)19-29-25-8-4-2-6-23(25)24-7-3-5-9-26(24)29/h2-13,21,30H,14-19H2,1H3/p+1. The van der Waals surface area contributed by atoms with Crippen LogP contribution >= 0.6 is 0 Å². The third-order valence-electron chi connectivity index (χ3n) is 6.69. The fourth-order valence-corrected chi connectivity index (χ4v) is 6.36. The molecule has 6 nitrogen and oxygen atoms in total. The first-order valence-corrected chi connectivity index (χ1v) is 12.9. The van der Waals surface area contributed by atoms with Crippen molar-refractivity contribution in [2.24, 2.45) is 0 Å². The van der Waals surface area contributed by atoms with Crippen molar-refractivity contribution in [1.29, 1.82) is 0 Å². The van der Waals surface area contributed by atoms with Crippen LogP contribution in [0.3, 0.4) is 0 Å². The summed E-state index contributed by atoms with van der Waals surface area (Å²) in [5, 5.41) is 13.3. The van der Waals surface area contributed by atoms with E-state index in [1.54, 1.807) is 16.4 Å². The average molecular weight is 465 g/mol. The Labute approximate surface area is 194 Å². The minimum Gasteiger partial charge on any atom is -0.385 e. The summed E-state index contributed by atoms with van der Waals surface area (Å²) in [6, 6.07) is 23.6. The van der Waals surface area contributed by atoms with Crippen LogP contribution in [0.5, 0.6) is 0 Å². The van der Waals surface area contributed by atoms with Gasteiger partial charge < -0.3 is 14.6 Å². The number of nitrogens with zero attached hydrogens (tertiary/aromatic N) is 2. The SMILES string of the molecule is Cc1ccc(S(=O)(=O)N2CC[NH+](CC(O)Cn3c4ccccc4c4ccccc43)CC2)cc1. The summed E-state index contributed by atoms with van der Waals surface area (Å²) in [5.74, 6) is 0. The second-order valence-electron chi connectivity index (χ2n) is 8.97. The second-order valence-corrected chi connectivity index (χ2v) is 10.9. The smallest absolute Gasteiger partial charge is 0.243 e. The first kappa shape index (κ1) is 22.1. The van der Waals surface area contributed by atoms with Crippen LogP contribution in [0.1, 0.15) is 5.56 Å². The number of aliphatic hydroxyl groups is 1. The van der Waals surface area contributed by atoms with Crippen molar-refractivity contribution in [3.63, 3.8) is 0 Å². The van der Waals surface area contributed by atoms with Gasteiger partial charge in [-0.05, 0) is 31.2 Å². The molecular weight excluding hydrogens is 434 g/mol. The molecule has 0 saturated carbocycles. The third-order valence-corrected chi connectivity index (χ3v) is 8.60. The minimum absolute atomic E-state index is 0.350. The predicted octanol–water partition coefficient (Wildman–Crippen LogP) is 2.05. The topological polar surface area (TPSA) is 67.0 Å². The summed E-state index contributed by atoms with van der Waals surface area (Å²) in [6.45, 7) is 5.37. The van der Waals surface area contributed by atoms with E-state index >= 15 is 0 Å². The van der Waals surface area contributed by atoms with Gasteiger partial charge in [-0.2, -0.15) is 4.31 Å². The van der Waals surface area contributed by atoms with E-state index in [-0.39, 0.29) is 0 Å². The van der Waals surface area contributed by atoms with Gasteiger partial charge in [-0.25, -0.2) is 8.42 Å². The lowest BCUT2D eigenvalue weighted by molar-refractivity contribution is -0.906. The van der Waals surface area contributed by atoms with E-state index in [1.807, 2.05) is 43.3 Å². The van der Waals surface area contributed by atoms with Crippen molar-refractivity contribution < 1.29 is 18.4 Å². The molecule has 2 N–H and O–H groups in total. The molecule has 1 unspecified atom stereocenters. The summed E-state index contributed by atoms with van der Waals surface area (Å²) >= 11 is 0. The Morgan fingerprint density at radius 3 is 2.00 bits per heavy atom. The summed E-state index contributed by atoms with van der Waals surface area (Å²) in [6.07, 6.45) is -0.514. The average Bonchev–Trinajstić information content (AvgIpc) is 3.13. The molecular formula is C26H30N3O3S+. The van der Waals surface area contributed by atoms with Crippen molar-refractivity contribution in [3.05, 3.63) is 78.4 Å². The predicted molar refractivity (Wildman–Crippen MR) is 131 cm³/mol. The van der Waals surface area contributed by atoms with Gasteiger partial charge in [-0.3, -0.25) is 0 Å². The maximum absolute atomic E-state index is 13.0. The molecule has 172 valence electrons. The zero-order valence-corrected chi connectivity index (χ0v) is 19.6. The van der Waals surface area contributed by atoms with Gasteiger partial charge in [0.25, 0.3) is 0 Å². The largest absolute Gasteiger partial charge is 0.385 e.